The first kappa shape index (κ1) is 8.82. The number of hydrogen-bond acceptors (Lipinski definition) is 2. The van der Waals surface area contributed by atoms with Gasteiger partial charge in [0.2, 0.25) is 0 Å². The Morgan fingerprint density at radius 1 is 1.50 bits per heavy atom. The molecule has 0 atom stereocenters. The van der Waals surface area contributed by atoms with Crippen LogP contribution in [0.4, 0.5) is 0 Å². The highest BCUT2D eigenvalue weighted by atomic mass is 16.3. The van der Waals surface area contributed by atoms with Crippen LogP contribution < -0.4 is 5.32 Å². The van der Waals surface area contributed by atoms with Gasteiger partial charge in [0, 0.05) is 0 Å². The molecule has 2 N–H and O–H groups in total. The second-order valence-electron chi connectivity index (χ2n) is 2.17. The lowest BCUT2D eigenvalue weighted by Crippen LogP contribution is -2.07. The second-order valence-corrected chi connectivity index (χ2v) is 2.17. The van der Waals surface area contributed by atoms with Gasteiger partial charge in [0.15, 0.2) is 0 Å². The van der Waals surface area contributed by atoms with Gasteiger partial charge in [-0.3, -0.25) is 0 Å². The van der Waals surface area contributed by atoms with Crippen molar-refractivity contribution in [3.63, 3.8) is 0 Å². The van der Waals surface area contributed by atoms with Gasteiger partial charge >= 0.3 is 0 Å². The third-order valence-corrected chi connectivity index (χ3v) is 1.03. The van der Waals surface area contributed by atoms with Crippen LogP contribution in [0.15, 0.2) is 36.4 Å². The van der Waals surface area contributed by atoms with E-state index in [0.717, 1.165) is 5.57 Å². The molecule has 0 saturated heterocycles. The molecule has 10 heavy (non-hydrogen) atoms. The van der Waals surface area contributed by atoms with E-state index < -0.39 is 0 Å². The van der Waals surface area contributed by atoms with E-state index in [-0.39, 0.29) is 5.76 Å². The summed E-state index contributed by atoms with van der Waals surface area (Å²) in [6.45, 7) is 10.6. The predicted octanol–water partition coefficient (Wildman–Crippen LogP) is 2.09. The van der Waals surface area contributed by atoms with Crippen LogP contribution in [0.1, 0.15) is 13.8 Å². The van der Waals surface area contributed by atoms with E-state index in [1.54, 1.807) is 0 Å². The molecule has 0 amide bonds. The molecule has 0 saturated carbocycles. The topological polar surface area (TPSA) is 32.3 Å². The monoisotopic (exact) mass is 139 g/mol. The van der Waals surface area contributed by atoms with Crippen molar-refractivity contribution < 1.29 is 5.11 Å². The van der Waals surface area contributed by atoms with E-state index in [9.17, 15) is 0 Å². The molecule has 0 aromatic heterocycles. The Balaban J connectivity index is 4.42. The number of rotatable bonds is 3. The van der Waals surface area contributed by atoms with Crippen LogP contribution in [-0.2, 0) is 0 Å². The summed E-state index contributed by atoms with van der Waals surface area (Å²) in [6.07, 6.45) is 1.50. The molecule has 0 fully saturated rings. The van der Waals surface area contributed by atoms with E-state index >= 15 is 0 Å². The molecule has 0 rings (SSSR count). The minimum absolute atomic E-state index is 0.0416. The SMILES string of the molecule is C=CNC(C(=C)O)=C(C)C. The van der Waals surface area contributed by atoms with Crippen molar-refractivity contribution in [3.8, 4) is 0 Å². The molecule has 0 aliphatic heterocycles. The second kappa shape index (κ2) is 3.77. The number of aliphatic hydroxyl groups excluding tert-OH is 1. The molecule has 0 heterocycles. The Kier molecular flexibility index (Phi) is 3.33. The van der Waals surface area contributed by atoms with E-state index in [1.807, 2.05) is 13.8 Å². The van der Waals surface area contributed by atoms with Crippen molar-refractivity contribution in [1.29, 1.82) is 0 Å². The maximum Gasteiger partial charge on any atom is 0.131 e. The fourth-order valence-electron chi connectivity index (χ4n) is 0.618. The number of aliphatic hydroxyl groups is 1. The molecule has 0 radical (unpaired) electrons. The van der Waals surface area contributed by atoms with Crippen LogP contribution in [0.5, 0.6) is 0 Å². The largest absolute Gasteiger partial charge is 0.506 e. The van der Waals surface area contributed by atoms with Gasteiger partial charge in [0.05, 0.1) is 5.70 Å². The Morgan fingerprint density at radius 3 is 2.10 bits per heavy atom. The highest BCUT2D eigenvalue weighted by Crippen LogP contribution is 2.05. The summed E-state index contributed by atoms with van der Waals surface area (Å²) < 4.78 is 0. The lowest BCUT2D eigenvalue weighted by atomic mass is 10.2. The van der Waals surface area contributed by atoms with Crippen molar-refractivity contribution in [2.45, 2.75) is 13.8 Å². The maximum atomic E-state index is 8.95. The van der Waals surface area contributed by atoms with Crippen LogP contribution in [0.25, 0.3) is 0 Å². The maximum absolute atomic E-state index is 8.95. The van der Waals surface area contributed by atoms with Gasteiger partial charge in [-0.15, -0.1) is 0 Å². The number of hydrogen-bond donors (Lipinski definition) is 2. The first-order valence-corrected chi connectivity index (χ1v) is 3.02. The van der Waals surface area contributed by atoms with Gasteiger partial charge in [0.25, 0.3) is 0 Å². The number of allylic oxidation sites excluding steroid dienone is 1. The van der Waals surface area contributed by atoms with Crippen molar-refractivity contribution in [3.05, 3.63) is 36.4 Å². The van der Waals surface area contributed by atoms with Crippen molar-refractivity contribution in [2.75, 3.05) is 0 Å². The molecule has 2 nitrogen and oxygen atoms in total. The minimum atomic E-state index is 0.0416. The van der Waals surface area contributed by atoms with Gasteiger partial charge in [-0.25, -0.2) is 0 Å². The zero-order chi connectivity index (χ0) is 8.15. The van der Waals surface area contributed by atoms with Crippen molar-refractivity contribution >= 4 is 0 Å². The van der Waals surface area contributed by atoms with E-state index in [0.29, 0.717) is 5.70 Å². The highest BCUT2D eigenvalue weighted by Gasteiger charge is 1.98. The van der Waals surface area contributed by atoms with Crippen LogP contribution in [0, 0.1) is 0 Å². The molecular weight excluding hydrogens is 126 g/mol. The normalized spacial score (nSPS) is 8.20. The molecule has 0 spiro atoms. The van der Waals surface area contributed by atoms with Crippen molar-refractivity contribution in [2.24, 2.45) is 0 Å². The van der Waals surface area contributed by atoms with E-state index in [1.165, 1.54) is 6.20 Å². The fourth-order valence-corrected chi connectivity index (χ4v) is 0.618. The lowest BCUT2D eigenvalue weighted by Gasteiger charge is -2.06. The Labute approximate surface area is 61.6 Å². The standard InChI is InChI=1S/C8H13NO/c1-5-9-8(6(2)3)7(4)10/h5,9-10H,1,4H2,2-3H3. The quantitative estimate of drug-likeness (QED) is 0.463. The summed E-state index contributed by atoms with van der Waals surface area (Å²) in [5.41, 5.74) is 1.61. The van der Waals surface area contributed by atoms with Gasteiger partial charge in [-0.1, -0.05) is 13.2 Å². The van der Waals surface area contributed by atoms with Gasteiger partial charge in [-0.2, -0.15) is 0 Å². The first-order chi connectivity index (χ1) is 4.59. The zero-order valence-electron chi connectivity index (χ0n) is 6.44. The summed E-state index contributed by atoms with van der Waals surface area (Å²) in [5.74, 6) is 0.0416. The van der Waals surface area contributed by atoms with Crippen molar-refractivity contribution in [1.82, 2.24) is 5.32 Å². The van der Waals surface area contributed by atoms with Gasteiger partial charge in [0.1, 0.15) is 5.76 Å². The molecule has 0 aliphatic carbocycles. The molecule has 0 aromatic rings. The summed E-state index contributed by atoms with van der Waals surface area (Å²) in [4.78, 5) is 0. The van der Waals surface area contributed by atoms with Crippen LogP contribution in [0.2, 0.25) is 0 Å². The Bertz CT molecular complexity index is 176. The third-order valence-electron chi connectivity index (χ3n) is 1.03. The average molecular weight is 139 g/mol. The van der Waals surface area contributed by atoms with Gasteiger partial charge in [-0.05, 0) is 25.6 Å². The third kappa shape index (κ3) is 2.40. The van der Waals surface area contributed by atoms with Crippen LogP contribution in [0.3, 0.4) is 0 Å². The Hall–Kier alpha value is -1.18. The smallest absolute Gasteiger partial charge is 0.131 e. The predicted molar refractivity (Wildman–Crippen MR) is 43.5 cm³/mol. The van der Waals surface area contributed by atoms with Crippen LogP contribution in [-0.4, -0.2) is 5.11 Å². The first-order valence-electron chi connectivity index (χ1n) is 3.02. The van der Waals surface area contributed by atoms with E-state index in [2.05, 4.69) is 18.5 Å². The molecule has 2 heteroatoms. The molecule has 56 valence electrons. The summed E-state index contributed by atoms with van der Waals surface area (Å²) in [6, 6.07) is 0. The zero-order valence-corrected chi connectivity index (χ0v) is 6.44. The average Bonchev–Trinajstić information content (AvgIpc) is 1.81. The molecule has 0 aromatic carbocycles. The molecule has 0 unspecified atom stereocenters. The Morgan fingerprint density at radius 2 is 2.00 bits per heavy atom. The summed E-state index contributed by atoms with van der Waals surface area (Å²) in [7, 11) is 0. The highest BCUT2D eigenvalue weighted by molar-refractivity contribution is 5.25. The minimum Gasteiger partial charge on any atom is -0.506 e. The van der Waals surface area contributed by atoms with Gasteiger partial charge < -0.3 is 10.4 Å². The van der Waals surface area contributed by atoms with E-state index in [4.69, 9.17) is 5.11 Å². The van der Waals surface area contributed by atoms with Crippen LogP contribution >= 0.6 is 0 Å². The molecule has 0 bridgehead atoms. The number of nitrogens with one attached hydrogen (secondary N) is 1. The molecule has 0 aliphatic rings. The lowest BCUT2D eigenvalue weighted by molar-refractivity contribution is 0.419. The summed E-state index contributed by atoms with van der Waals surface area (Å²) in [5, 5.41) is 11.7. The fraction of sp³-hybridized carbons (Fsp3) is 0.250. The summed E-state index contributed by atoms with van der Waals surface area (Å²) >= 11 is 0. The molecular formula is C8H13NO.